The number of methoxy groups -OCH3 is 1. The molecule has 0 fully saturated rings. The van der Waals surface area contributed by atoms with Gasteiger partial charge in [0, 0.05) is 6.54 Å². The Morgan fingerprint density at radius 2 is 2.25 bits per heavy atom. The van der Waals surface area contributed by atoms with Gasteiger partial charge in [0.15, 0.2) is 11.2 Å². The van der Waals surface area contributed by atoms with Gasteiger partial charge in [-0.25, -0.2) is 4.98 Å². The monoisotopic (exact) mass is 240 g/mol. The normalized spacial score (nSPS) is 10.9. The van der Waals surface area contributed by atoms with Crippen LogP contribution < -0.4 is 4.74 Å². The molecule has 0 saturated heterocycles. The highest BCUT2D eigenvalue weighted by Gasteiger charge is 2.12. The molecule has 0 aliphatic rings. The fraction of sp³-hybridized carbons (Fsp3) is 0.500. The fourth-order valence-corrected chi connectivity index (χ4v) is 1.68. The Labute approximate surface area is 98.4 Å². The van der Waals surface area contributed by atoms with Crippen molar-refractivity contribution in [1.82, 2.24) is 19.5 Å². The van der Waals surface area contributed by atoms with Crippen LogP contribution in [0.1, 0.15) is 19.8 Å². The van der Waals surface area contributed by atoms with E-state index in [2.05, 4.69) is 21.9 Å². The molecule has 16 heavy (non-hydrogen) atoms. The molecule has 0 saturated carbocycles. The molecule has 5 nitrogen and oxygen atoms in total. The molecule has 0 aromatic carbocycles. The molecule has 0 atom stereocenters. The van der Waals surface area contributed by atoms with E-state index in [1.54, 1.807) is 13.4 Å². The Bertz CT molecular complexity index is 497. The first kappa shape index (κ1) is 11.1. The van der Waals surface area contributed by atoms with E-state index in [9.17, 15) is 0 Å². The van der Waals surface area contributed by atoms with Crippen LogP contribution in [0.15, 0.2) is 6.33 Å². The van der Waals surface area contributed by atoms with Crippen molar-refractivity contribution in [2.24, 2.45) is 0 Å². The maximum atomic E-state index is 5.82. The second-order valence-corrected chi connectivity index (χ2v) is 3.80. The summed E-state index contributed by atoms with van der Waals surface area (Å²) in [6.45, 7) is 3.02. The zero-order valence-electron chi connectivity index (χ0n) is 9.27. The summed E-state index contributed by atoms with van der Waals surface area (Å²) < 4.78 is 7.08. The topological polar surface area (TPSA) is 52.8 Å². The number of nitrogens with zero attached hydrogens (tertiary/aromatic N) is 4. The number of aryl methyl sites for hydroxylation is 1. The lowest BCUT2D eigenvalue weighted by Gasteiger charge is -2.03. The van der Waals surface area contributed by atoms with E-state index in [0.717, 1.165) is 25.0 Å². The van der Waals surface area contributed by atoms with E-state index in [1.807, 2.05) is 4.57 Å². The number of halogens is 1. The number of unbranched alkanes of at least 4 members (excludes halogenated alkanes) is 1. The highest BCUT2D eigenvalue weighted by molar-refractivity contribution is 6.28. The van der Waals surface area contributed by atoms with E-state index >= 15 is 0 Å². The van der Waals surface area contributed by atoms with Crippen molar-refractivity contribution >= 4 is 22.8 Å². The van der Waals surface area contributed by atoms with E-state index in [-0.39, 0.29) is 5.28 Å². The van der Waals surface area contributed by atoms with Gasteiger partial charge in [-0.15, -0.1) is 0 Å². The molecule has 0 spiro atoms. The number of fused-ring (bicyclic) bond motifs is 1. The van der Waals surface area contributed by atoms with Crippen LogP contribution >= 0.6 is 11.6 Å². The van der Waals surface area contributed by atoms with Gasteiger partial charge in [0.1, 0.15) is 0 Å². The Morgan fingerprint density at radius 1 is 1.44 bits per heavy atom. The summed E-state index contributed by atoms with van der Waals surface area (Å²) in [5, 5.41) is 0.183. The van der Waals surface area contributed by atoms with Crippen LogP contribution in [-0.2, 0) is 6.54 Å². The quantitative estimate of drug-likeness (QED) is 0.770. The molecule has 2 rings (SSSR count). The standard InChI is InChI=1S/C10H13ClN4O/c1-3-4-5-15-6-12-7-8(15)13-10(11)14-9(7)16-2/h6H,3-5H2,1-2H3. The number of hydrogen-bond donors (Lipinski definition) is 0. The van der Waals surface area contributed by atoms with Crippen molar-refractivity contribution in [2.45, 2.75) is 26.3 Å². The maximum absolute atomic E-state index is 5.82. The highest BCUT2D eigenvalue weighted by atomic mass is 35.5. The van der Waals surface area contributed by atoms with E-state index < -0.39 is 0 Å². The van der Waals surface area contributed by atoms with Crippen LogP contribution in [0.4, 0.5) is 0 Å². The van der Waals surface area contributed by atoms with Gasteiger partial charge in [-0.05, 0) is 18.0 Å². The molecule has 2 aromatic heterocycles. The van der Waals surface area contributed by atoms with Gasteiger partial charge in [0.25, 0.3) is 0 Å². The smallest absolute Gasteiger partial charge is 0.246 e. The van der Waals surface area contributed by atoms with Crippen LogP contribution in [0.2, 0.25) is 5.28 Å². The number of aromatic nitrogens is 4. The molecule has 0 amide bonds. The molecule has 0 radical (unpaired) electrons. The van der Waals surface area contributed by atoms with Crippen LogP contribution in [0.25, 0.3) is 11.2 Å². The lowest BCUT2D eigenvalue weighted by Crippen LogP contribution is -1.99. The predicted octanol–water partition coefficient (Wildman–Crippen LogP) is 2.29. The van der Waals surface area contributed by atoms with E-state index in [4.69, 9.17) is 16.3 Å². The molecule has 0 unspecified atom stereocenters. The molecule has 2 aromatic rings. The van der Waals surface area contributed by atoms with Crippen LogP contribution in [0.3, 0.4) is 0 Å². The number of ether oxygens (including phenoxy) is 1. The lowest BCUT2D eigenvalue weighted by atomic mass is 10.3. The zero-order chi connectivity index (χ0) is 11.5. The lowest BCUT2D eigenvalue weighted by molar-refractivity contribution is 0.402. The zero-order valence-corrected chi connectivity index (χ0v) is 10.0. The van der Waals surface area contributed by atoms with E-state index in [0.29, 0.717) is 11.4 Å². The van der Waals surface area contributed by atoms with E-state index in [1.165, 1.54) is 0 Å². The van der Waals surface area contributed by atoms with Gasteiger partial charge in [-0.2, -0.15) is 9.97 Å². The van der Waals surface area contributed by atoms with Crippen molar-refractivity contribution in [2.75, 3.05) is 7.11 Å². The molecule has 2 heterocycles. The Kier molecular flexibility index (Phi) is 3.24. The number of rotatable bonds is 4. The minimum atomic E-state index is 0.183. The largest absolute Gasteiger partial charge is 0.479 e. The molecule has 6 heteroatoms. The van der Waals surface area contributed by atoms with Gasteiger partial charge in [0.05, 0.1) is 13.4 Å². The van der Waals surface area contributed by atoms with Crippen molar-refractivity contribution in [3.63, 3.8) is 0 Å². The minimum Gasteiger partial charge on any atom is -0.479 e. The molecular weight excluding hydrogens is 228 g/mol. The summed E-state index contributed by atoms with van der Waals surface area (Å²) in [6.07, 6.45) is 3.94. The molecule has 0 bridgehead atoms. The molecular formula is C10H13ClN4O. The Hall–Kier alpha value is -1.36. The van der Waals surface area contributed by atoms with Gasteiger partial charge in [0.2, 0.25) is 11.2 Å². The first-order chi connectivity index (χ1) is 7.76. The van der Waals surface area contributed by atoms with Crippen LogP contribution in [0.5, 0.6) is 5.88 Å². The summed E-state index contributed by atoms with van der Waals surface area (Å²) in [4.78, 5) is 12.4. The first-order valence-electron chi connectivity index (χ1n) is 5.18. The molecule has 86 valence electrons. The van der Waals surface area contributed by atoms with Gasteiger partial charge in [-0.1, -0.05) is 13.3 Å². The summed E-state index contributed by atoms with van der Waals surface area (Å²) in [6, 6.07) is 0. The van der Waals surface area contributed by atoms with Crippen molar-refractivity contribution in [3.05, 3.63) is 11.6 Å². The molecule has 0 aliphatic carbocycles. The summed E-state index contributed by atoms with van der Waals surface area (Å²) in [7, 11) is 1.54. The second kappa shape index (κ2) is 4.65. The maximum Gasteiger partial charge on any atom is 0.246 e. The van der Waals surface area contributed by atoms with Crippen molar-refractivity contribution in [3.8, 4) is 5.88 Å². The van der Waals surface area contributed by atoms with Crippen LogP contribution in [0, 0.1) is 0 Å². The first-order valence-corrected chi connectivity index (χ1v) is 5.56. The van der Waals surface area contributed by atoms with Gasteiger partial charge < -0.3 is 9.30 Å². The third kappa shape index (κ3) is 1.95. The Morgan fingerprint density at radius 3 is 2.94 bits per heavy atom. The third-order valence-electron chi connectivity index (χ3n) is 2.35. The van der Waals surface area contributed by atoms with Crippen molar-refractivity contribution in [1.29, 1.82) is 0 Å². The highest BCUT2D eigenvalue weighted by Crippen LogP contribution is 2.22. The van der Waals surface area contributed by atoms with Gasteiger partial charge >= 0.3 is 0 Å². The third-order valence-corrected chi connectivity index (χ3v) is 2.52. The summed E-state index contributed by atoms with van der Waals surface area (Å²) in [5.41, 5.74) is 1.38. The number of hydrogen-bond acceptors (Lipinski definition) is 4. The average molecular weight is 241 g/mol. The van der Waals surface area contributed by atoms with Gasteiger partial charge in [-0.3, -0.25) is 0 Å². The SMILES string of the molecule is CCCCn1cnc2c(OC)nc(Cl)nc21. The summed E-state index contributed by atoms with van der Waals surface area (Å²) >= 11 is 5.82. The number of imidazole rings is 1. The minimum absolute atomic E-state index is 0.183. The summed E-state index contributed by atoms with van der Waals surface area (Å²) in [5.74, 6) is 0.422. The second-order valence-electron chi connectivity index (χ2n) is 3.47. The predicted molar refractivity (Wildman–Crippen MR) is 61.8 cm³/mol. The fourth-order valence-electron chi connectivity index (χ4n) is 1.53. The Balaban J connectivity index is 2.49. The average Bonchev–Trinajstić information content (AvgIpc) is 2.68. The molecule has 0 N–H and O–H groups in total. The van der Waals surface area contributed by atoms with Crippen molar-refractivity contribution < 1.29 is 4.74 Å². The molecule has 0 aliphatic heterocycles. The van der Waals surface area contributed by atoms with Crippen LogP contribution in [-0.4, -0.2) is 26.6 Å².